The van der Waals surface area contributed by atoms with Crippen LogP contribution >= 0.6 is 7.82 Å². The Bertz CT molecular complexity index is 2050. The van der Waals surface area contributed by atoms with E-state index in [4.69, 9.17) is 22.9 Å². The minimum absolute atomic E-state index is 0.0474. The molecule has 0 radical (unpaired) electrons. The Hall–Kier alpha value is -5.93. The number of rotatable bonds is 26. The lowest BCUT2D eigenvalue weighted by atomic mass is 9.99. The fraction of sp³-hybridized carbons (Fsp3) is 0.535. The molecule has 1 saturated heterocycles. The molecule has 66 heavy (non-hydrogen) atoms. The van der Waals surface area contributed by atoms with Crippen LogP contribution in [0.5, 0.6) is 5.75 Å². The van der Waals surface area contributed by atoms with Crippen LogP contribution in [-0.2, 0) is 55.8 Å². The van der Waals surface area contributed by atoms with Crippen molar-refractivity contribution >= 4 is 55.1 Å². The number of phosphoric ester groups is 1. The van der Waals surface area contributed by atoms with Gasteiger partial charge in [-0.25, -0.2) is 4.57 Å². The molecule has 1 fully saturated rings. The first-order valence-corrected chi connectivity index (χ1v) is 23.3. The number of nitrogens with zero attached hydrogens (tertiary/aromatic N) is 1. The molecule has 0 unspecified atom stereocenters. The predicted molar refractivity (Wildman–Crippen MR) is 241 cm³/mol. The third-order valence-electron chi connectivity index (χ3n) is 10.8. The number of hydrogen-bond donors (Lipinski definition) is 11. The largest absolute Gasteiger partial charge is 0.524 e. The summed E-state index contributed by atoms with van der Waals surface area (Å²) in [5.74, 6) is -7.75. The van der Waals surface area contributed by atoms with Gasteiger partial charge in [-0.3, -0.25) is 48.1 Å². The van der Waals surface area contributed by atoms with Crippen LogP contribution in [0.3, 0.4) is 0 Å². The van der Waals surface area contributed by atoms with Gasteiger partial charge in [0.2, 0.25) is 47.3 Å². The molecule has 22 nitrogen and oxygen atoms in total. The van der Waals surface area contributed by atoms with Crippen molar-refractivity contribution < 1.29 is 57.2 Å². The van der Waals surface area contributed by atoms with E-state index in [9.17, 15) is 52.7 Å². The van der Waals surface area contributed by atoms with Gasteiger partial charge >= 0.3 is 7.82 Å². The van der Waals surface area contributed by atoms with Gasteiger partial charge in [0.05, 0.1) is 12.5 Å². The Morgan fingerprint density at radius 1 is 0.727 bits per heavy atom. The number of amides is 8. The van der Waals surface area contributed by atoms with Crippen molar-refractivity contribution in [2.75, 3.05) is 13.1 Å². The molecule has 0 aromatic heterocycles. The van der Waals surface area contributed by atoms with Crippen LogP contribution in [0.2, 0.25) is 0 Å². The van der Waals surface area contributed by atoms with Gasteiger partial charge in [-0.05, 0) is 67.3 Å². The summed E-state index contributed by atoms with van der Waals surface area (Å²) in [4.78, 5) is 127. The first-order chi connectivity index (χ1) is 31.0. The fourth-order valence-corrected chi connectivity index (χ4v) is 7.69. The van der Waals surface area contributed by atoms with Crippen LogP contribution in [0.25, 0.3) is 0 Å². The Kier molecular flexibility index (Phi) is 21.2. The van der Waals surface area contributed by atoms with Crippen LogP contribution in [0.4, 0.5) is 0 Å². The molecule has 364 valence electrons. The summed E-state index contributed by atoms with van der Waals surface area (Å²) in [6, 6.07) is 5.23. The number of carbonyl (C=O) groups excluding carboxylic acids is 8. The molecule has 1 heterocycles. The average molecular weight is 945 g/mol. The first kappa shape index (κ1) is 54.4. The monoisotopic (exact) mass is 944 g/mol. The highest BCUT2D eigenvalue weighted by molar-refractivity contribution is 7.46. The minimum Gasteiger partial charge on any atom is -0.404 e. The lowest BCUT2D eigenvalue weighted by molar-refractivity contribution is -0.140. The van der Waals surface area contributed by atoms with Gasteiger partial charge in [-0.1, -0.05) is 76.6 Å². The average Bonchev–Trinajstić information content (AvgIpc) is 3.74. The number of primary amides is 2. The Morgan fingerprint density at radius 2 is 1.26 bits per heavy atom. The zero-order chi connectivity index (χ0) is 49.3. The molecule has 0 aliphatic carbocycles. The molecule has 3 rings (SSSR count). The van der Waals surface area contributed by atoms with Crippen molar-refractivity contribution in [3.63, 3.8) is 0 Å². The van der Waals surface area contributed by atoms with E-state index in [0.717, 1.165) is 0 Å². The van der Waals surface area contributed by atoms with Crippen LogP contribution in [0, 0.1) is 11.8 Å². The standard InChI is InChI=1S/C43H65N10O12P/c1-24(2)35(37(47)55)51-40(58)32(23-34(46)54)50-42(60)36(25(3)4)52-39(57)31(22-27-15-17-28(18-16-27)65-66(62,63)64)48-38(56)30(21-26-11-6-5-7-12-26)49-41(59)33-14-10-20-53(33)43(61)29(45)13-8-9-19-44/h5-7,11-12,15-18,24-25,29-33,35-36H,8-10,13-14,19-23,44-45H2,1-4H3,(H2,46,54)(H2,47,55)(H,48,56)(H,49,59)(H,50,60)(H,51,58)(H,52,57)(H2,62,63,64)/t29-,30-,31-,32-,33-,35-,36-/m0/s1. The molecule has 0 spiro atoms. The van der Waals surface area contributed by atoms with Crippen molar-refractivity contribution in [3.8, 4) is 5.75 Å². The third kappa shape index (κ3) is 17.5. The van der Waals surface area contributed by atoms with E-state index in [1.54, 1.807) is 58.0 Å². The second kappa shape index (κ2) is 25.7. The second-order valence-electron chi connectivity index (χ2n) is 16.9. The number of hydrogen-bond acceptors (Lipinski definition) is 12. The molecule has 8 amide bonds. The summed E-state index contributed by atoms with van der Waals surface area (Å²) < 4.78 is 16.1. The van der Waals surface area contributed by atoms with E-state index in [1.165, 1.54) is 29.2 Å². The van der Waals surface area contributed by atoms with Gasteiger partial charge in [0.1, 0.15) is 42.0 Å². The predicted octanol–water partition coefficient (Wildman–Crippen LogP) is -1.51. The van der Waals surface area contributed by atoms with Crippen molar-refractivity contribution in [2.45, 2.75) is 121 Å². The molecule has 1 aliphatic rings. The second-order valence-corrected chi connectivity index (χ2v) is 18.1. The number of phosphoric acid groups is 1. The maximum absolute atomic E-state index is 14.4. The van der Waals surface area contributed by atoms with E-state index in [2.05, 4.69) is 31.1 Å². The third-order valence-corrected chi connectivity index (χ3v) is 11.3. The van der Waals surface area contributed by atoms with Crippen molar-refractivity contribution in [1.29, 1.82) is 0 Å². The highest BCUT2D eigenvalue weighted by Crippen LogP contribution is 2.37. The van der Waals surface area contributed by atoms with E-state index in [0.29, 0.717) is 49.8 Å². The van der Waals surface area contributed by atoms with Gasteiger partial charge in [0, 0.05) is 19.4 Å². The lowest BCUT2D eigenvalue weighted by Gasteiger charge is -2.30. The molecule has 23 heteroatoms. The van der Waals surface area contributed by atoms with Gasteiger partial charge in [0.25, 0.3) is 0 Å². The van der Waals surface area contributed by atoms with Crippen LogP contribution in [0.1, 0.15) is 77.3 Å². The number of carbonyl (C=O) groups is 8. The minimum atomic E-state index is -4.92. The summed E-state index contributed by atoms with van der Waals surface area (Å²) in [5, 5.41) is 12.9. The summed E-state index contributed by atoms with van der Waals surface area (Å²) in [5.41, 5.74) is 23.6. The number of benzene rings is 2. The Labute approximate surface area is 383 Å². The smallest absolute Gasteiger partial charge is 0.404 e. The normalized spacial score (nSPS) is 16.5. The number of unbranched alkanes of at least 4 members (excludes halogenated alkanes) is 1. The number of nitrogens with one attached hydrogen (secondary N) is 5. The highest BCUT2D eigenvalue weighted by Gasteiger charge is 2.39. The van der Waals surface area contributed by atoms with E-state index >= 15 is 0 Å². The zero-order valence-corrected chi connectivity index (χ0v) is 38.5. The van der Waals surface area contributed by atoms with Crippen LogP contribution in [0.15, 0.2) is 54.6 Å². The summed E-state index contributed by atoms with van der Waals surface area (Å²) in [6.07, 6.45) is 1.51. The number of nitrogens with two attached hydrogens (primary N) is 4. The molecule has 2 aromatic carbocycles. The Balaban J connectivity index is 1.96. The highest BCUT2D eigenvalue weighted by atomic mass is 31.2. The van der Waals surface area contributed by atoms with Gasteiger partial charge in [0.15, 0.2) is 0 Å². The maximum atomic E-state index is 14.4. The van der Waals surface area contributed by atoms with E-state index < -0.39 is 116 Å². The maximum Gasteiger partial charge on any atom is 0.524 e. The van der Waals surface area contributed by atoms with E-state index in [-0.39, 0.29) is 25.1 Å². The van der Waals surface area contributed by atoms with Crippen LogP contribution in [-0.4, -0.2) is 117 Å². The quantitative estimate of drug-likeness (QED) is 0.0378. The van der Waals surface area contributed by atoms with Crippen molar-refractivity contribution in [1.82, 2.24) is 31.5 Å². The summed E-state index contributed by atoms with van der Waals surface area (Å²) in [7, 11) is -4.92. The molecule has 0 bridgehead atoms. The topological polar surface area (TPSA) is 371 Å². The molecular formula is C43H65N10O12P. The van der Waals surface area contributed by atoms with Gasteiger partial charge in [-0.15, -0.1) is 0 Å². The fourth-order valence-electron chi connectivity index (χ4n) is 7.30. The first-order valence-electron chi connectivity index (χ1n) is 21.7. The SMILES string of the molecule is CC(C)[C@H](NC(=O)[C@H](CC(N)=O)NC(=O)[C@@H](NC(=O)[C@H](Cc1ccc(OP(=O)(O)O)cc1)NC(=O)[C@H](Cc1ccccc1)NC(=O)[C@@H]1CCCN1C(=O)[C@@H](N)CCCCN)C(C)C)C(N)=O. The summed E-state index contributed by atoms with van der Waals surface area (Å²) >= 11 is 0. The van der Waals surface area contributed by atoms with Gasteiger partial charge < -0.3 is 58.9 Å². The van der Waals surface area contributed by atoms with Crippen molar-refractivity contribution in [3.05, 3.63) is 65.7 Å². The molecule has 2 aromatic rings. The Morgan fingerprint density at radius 3 is 1.80 bits per heavy atom. The lowest BCUT2D eigenvalue weighted by Crippen LogP contribution is -2.61. The van der Waals surface area contributed by atoms with Crippen LogP contribution < -0.4 is 54.0 Å². The van der Waals surface area contributed by atoms with Crippen molar-refractivity contribution in [2.24, 2.45) is 34.8 Å². The molecule has 1 aliphatic heterocycles. The molecule has 0 saturated carbocycles. The molecule has 7 atom stereocenters. The molecular weight excluding hydrogens is 880 g/mol. The zero-order valence-electron chi connectivity index (χ0n) is 37.6. The van der Waals surface area contributed by atoms with Gasteiger partial charge in [-0.2, -0.15) is 0 Å². The number of likely N-dealkylation sites (tertiary alicyclic amines) is 1. The summed E-state index contributed by atoms with van der Waals surface area (Å²) in [6.45, 7) is 7.12. The van der Waals surface area contributed by atoms with E-state index in [1.807, 2.05) is 0 Å². The molecule has 15 N–H and O–H groups in total.